The summed E-state index contributed by atoms with van der Waals surface area (Å²) in [5.74, 6) is 0. The van der Waals surface area contributed by atoms with Crippen molar-refractivity contribution < 1.29 is 9.84 Å². The second-order valence-electron chi connectivity index (χ2n) is 5.17. The summed E-state index contributed by atoms with van der Waals surface area (Å²) in [6.07, 6.45) is 0. The van der Waals surface area contributed by atoms with Crippen molar-refractivity contribution in [2.75, 3.05) is 26.4 Å². The summed E-state index contributed by atoms with van der Waals surface area (Å²) in [6.45, 7) is 7.46. The summed E-state index contributed by atoms with van der Waals surface area (Å²) in [5.41, 5.74) is 3.90. The minimum atomic E-state index is -0.0419. The van der Waals surface area contributed by atoms with Crippen molar-refractivity contribution in [2.45, 2.75) is 20.4 Å². The Kier molecular flexibility index (Phi) is 3.82. The molecule has 1 aliphatic heterocycles. The van der Waals surface area contributed by atoms with Gasteiger partial charge >= 0.3 is 0 Å². The van der Waals surface area contributed by atoms with E-state index in [1.807, 2.05) is 0 Å². The fourth-order valence-corrected chi connectivity index (χ4v) is 2.03. The first kappa shape index (κ1) is 12.6. The highest BCUT2D eigenvalue weighted by atomic mass is 16.5. The molecule has 0 atom stereocenters. The monoisotopic (exact) mass is 235 g/mol. The van der Waals surface area contributed by atoms with Crippen molar-refractivity contribution in [1.82, 2.24) is 5.32 Å². The lowest BCUT2D eigenvalue weighted by Crippen LogP contribution is -2.52. The van der Waals surface area contributed by atoms with E-state index in [2.05, 4.69) is 37.4 Å². The Morgan fingerprint density at radius 2 is 2.06 bits per heavy atom. The summed E-state index contributed by atoms with van der Waals surface area (Å²) in [4.78, 5) is 0. The van der Waals surface area contributed by atoms with Gasteiger partial charge in [-0.05, 0) is 30.5 Å². The van der Waals surface area contributed by atoms with Crippen LogP contribution in [0.4, 0.5) is 0 Å². The van der Waals surface area contributed by atoms with Crippen LogP contribution in [0.1, 0.15) is 16.7 Å². The van der Waals surface area contributed by atoms with E-state index in [-0.39, 0.29) is 12.0 Å². The second-order valence-corrected chi connectivity index (χ2v) is 5.17. The number of hydrogen-bond acceptors (Lipinski definition) is 3. The van der Waals surface area contributed by atoms with Crippen molar-refractivity contribution in [2.24, 2.45) is 5.41 Å². The van der Waals surface area contributed by atoms with Gasteiger partial charge in [-0.25, -0.2) is 0 Å². The van der Waals surface area contributed by atoms with E-state index in [1.54, 1.807) is 0 Å². The van der Waals surface area contributed by atoms with E-state index >= 15 is 0 Å². The number of aliphatic hydroxyl groups excluding tert-OH is 1. The number of hydrogen-bond donors (Lipinski definition) is 2. The zero-order chi connectivity index (χ0) is 12.3. The molecule has 0 amide bonds. The Morgan fingerprint density at radius 3 is 2.59 bits per heavy atom. The van der Waals surface area contributed by atoms with Crippen LogP contribution in [0.25, 0.3) is 0 Å². The zero-order valence-electron chi connectivity index (χ0n) is 10.6. The smallest absolute Gasteiger partial charge is 0.0579 e. The first-order chi connectivity index (χ1) is 8.15. The maximum absolute atomic E-state index is 9.29. The summed E-state index contributed by atoms with van der Waals surface area (Å²) in [6, 6.07) is 6.52. The molecule has 1 saturated heterocycles. The minimum absolute atomic E-state index is 0.0419. The maximum atomic E-state index is 9.29. The molecule has 1 heterocycles. The molecular weight excluding hydrogens is 214 g/mol. The lowest BCUT2D eigenvalue weighted by atomic mass is 9.87. The molecule has 0 saturated carbocycles. The number of aryl methyl sites for hydroxylation is 2. The van der Waals surface area contributed by atoms with Gasteiger partial charge in [-0.3, -0.25) is 0 Å². The minimum Gasteiger partial charge on any atom is -0.396 e. The molecule has 1 fully saturated rings. The molecular formula is C14H21NO2. The highest BCUT2D eigenvalue weighted by Crippen LogP contribution is 2.25. The van der Waals surface area contributed by atoms with Gasteiger partial charge < -0.3 is 15.2 Å². The number of ether oxygens (including phenoxy) is 1. The van der Waals surface area contributed by atoms with E-state index in [0.29, 0.717) is 13.2 Å². The predicted octanol–water partition coefficient (Wildman–Crippen LogP) is 1.40. The lowest BCUT2D eigenvalue weighted by molar-refractivity contribution is -0.134. The zero-order valence-corrected chi connectivity index (χ0v) is 10.6. The molecule has 2 rings (SSSR count). The fourth-order valence-electron chi connectivity index (χ4n) is 2.03. The van der Waals surface area contributed by atoms with Crippen LogP contribution in [0, 0.1) is 19.3 Å². The molecule has 1 aromatic rings. The van der Waals surface area contributed by atoms with E-state index < -0.39 is 0 Å². The van der Waals surface area contributed by atoms with E-state index in [0.717, 1.165) is 13.1 Å². The molecule has 0 bridgehead atoms. The predicted molar refractivity (Wildman–Crippen MR) is 68.0 cm³/mol. The van der Waals surface area contributed by atoms with Crippen molar-refractivity contribution in [3.8, 4) is 0 Å². The molecule has 94 valence electrons. The Bertz CT molecular complexity index is 380. The SMILES string of the molecule is Cc1ccc(CNCC2(CO)COC2)cc1C. The summed E-state index contributed by atoms with van der Waals surface area (Å²) < 4.78 is 5.17. The number of nitrogens with one attached hydrogen (secondary N) is 1. The van der Waals surface area contributed by atoms with Crippen LogP contribution in [-0.2, 0) is 11.3 Å². The Hall–Kier alpha value is -0.900. The molecule has 2 N–H and O–H groups in total. The first-order valence-electron chi connectivity index (χ1n) is 6.11. The molecule has 3 heteroatoms. The largest absolute Gasteiger partial charge is 0.396 e. The molecule has 0 radical (unpaired) electrons. The summed E-state index contributed by atoms with van der Waals surface area (Å²) in [7, 11) is 0. The molecule has 0 aliphatic carbocycles. The molecule has 1 aromatic carbocycles. The number of aliphatic hydroxyl groups is 1. The van der Waals surface area contributed by atoms with E-state index in [9.17, 15) is 5.11 Å². The average molecular weight is 235 g/mol. The van der Waals surface area contributed by atoms with Crippen LogP contribution in [0.2, 0.25) is 0 Å². The van der Waals surface area contributed by atoms with Gasteiger partial charge in [0.15, 0.2) is 0 Å². The fraction of sp³-hybridized carbons (Fsp3) is 0.571. The van der Waals surface area contributed by atoms with Crippen molar-refractivity contribution in [1.29, 1.82) is 0 Å². The standard InChI is InChI=1S/C14H21NO2/c1-11-3-4-13(5-12(11)2)6-15-7-14(8-16)9-17-10-14/h3-5,15-16H,6-10H2,1-2H3. The molecule has 0 aromatic heterocycles. The molecule has 0 unspecified atom stereocenters. The summed E-state index contributed by atoms with van der Waals surface area (Å²) in [5, 5.41) is 12.7. The number of benzene rings is 1. The third kappa shape index (κ3) is 2.86. The average Bonchev–Trinajstić information content (AvgIpc) is 2.27. The molecule has 17 heavy (non-hydrogen) atoms. The third-order valence-corrected chi connectivity index (χ3v) is 3.55. The Labute approximate surface area is 103 Å². The van der Waals surface area contributed by atoms with E-state index in [4.69, 9.17) is 4.74 Å². The first-order valence-corrected chi connectivity index (χ1v) is 6.11. The van der Waals surface area contributed by atoms with Crippen LogP contribution in [0.3, 0.4) is 0 Å². The third-order valence-electron chi connectivity index (χ3n) is 3.55. The quantitative estimate of drug-likeness (QED) is 0.810. The van der Waals surface area contributed by atoms with Crippen LogP contribution >= 0.6 is 0 Å². The van der Waals surface area contributed by atoms with Gasteiger partial charge in [0.25, 0.3) is 0 Å². The van der Waals surface area contributed by atoms with E-state index in [1.165, 1.54) is 16.7 Å². The van der Waals surface area contributed by atoms with Crippen molar-refractivity contribution in [3.63, 3.8) is 0 Å². The molecule has 0 spiro atoms. The van der Waals surface area contributed by atoms with Gasteiger partial charge in [-0.1, -0.05) is 18.2 Å². The van der Waals surface area contributed by atoms with Gasteiger partial charge in [0.1, 0.15) is 0 Å². The van der Waals surface area contributed by atoms with Crippen molar-refractivity contribution >= 4 is 0 Å². The summed E-state index contributed by atoms with van der Waals surface area (Å²) >= 11 is 0. The van der Waals surface area contributed by atoms with Gasteiger partial charge in [-0.15, -0.1) is 0 Å². The van der Waals surface area contributed by atoms with Gasteiger partial charge in [-0.2, -0.15) is 0 Å². The van der Waals surface area contributed by atoms with Gasteiger partial charge in [0, 0.05) is 13.1 Å². The normalized spacial score (nSPS) is 17.8. The molecule has 1 aliphatic rings. The maximum Gasteiger partial charge on any atom is 0.0579 e. The highest BCUT2D eigenvalue weighted by molar-refractivity contribution is 5.29. The number of rotatable bonds is 5. The lowest BCUT2D eigenvalue weighted by Gasteiger charge is -2.40. The topological polar surface area (TPSA) is 41.5 Å². The highest BCUT2D eigenvalue weighted by Gasteiger charge is 2.37. The molecule has 3 nitrogen and oxygen atoms in total. The van der Waals surface area contributed by atoms with Gasteiger partial charge in [0.05, 0.1) is 25.2 Å². The van der Waals surface area contributed by atoms with Gasteiger partial charge in [0.2, 0.25) is 0 Å². The second kappa shape index (κ2) is 5.17. The van der Waals surface area contributed by atoms with Crippen LogP contribution in [0.15, 0.2) is 18.2 Å². The van der Waals surface area contributed by atoms with Crippen LogP contribution < -0.4 is 5.32 Å². The Balaban J connectivity index is 1.83. The van der Waals surface area contributed by atoms with Crippen molar-refractivity contribution in [3.05, 3.63) is 34.9 Å². The Morgan fingerprint density at radius 1 is 1.29 bits per heavy atom. The van der Waals surface area contributed by atoms with Crippen LogP contribution in [0.5, 0.6) is 0 Å². The van der Waals surface area contributed by atoms with Crippen LogP contribution in [-0.4, -0.2) is 31.5 Å².